The van der Waals surface area contributed by atoms with Crippen molar-refractivity contribution in [1.29, 1.82) is 5.26 Å². The Hall–Kier alpha value is -1.08. The van der Waals surface area contributed by atoms with Crippen LogP contribution in [0.4, 0.5) is 0 Å². The van der Waals surface area contributed by atoms with Gasteiger partial charge in [-0.25, -0.2) is 0 Å². The molecule has 1 amide bonds. The number of carbonyl (C=O) groups excluding carboxylic acids is 1. The average molecular weight is 263 g/mol. The zero-order valence-corrected chi connectivity index (χ0v) is 12.2. The summed E-state index contributed by atoms with van der Waals surface area (Å²) < 4.78 is 0. The third-order valence-corrected chi connectivity index (χ3v) is 4.98. The maximum absolute atomic E-state index is 12.3. The van der Waals surface area contributed by atoms with Crippen LogP contribution in [0, 0.1) is 22.2 Å². The Morgan fingerprint density at radius 3 is 2.37 bits per heavy atom. The molecular weight excluding hydrogens is 238 g/mol. The molecule has 1 N–H and O–H groups in total. The molecule has 0 atom stereocenters. The predicted molar refractivity (Wildman–Crippen MR) is 74.4 cm³/mol. The van der Waals surface area contributed by atoms with Crippen LogP contribution >= 0.6 is 0 Å². The van der Waals surface area contributed by atoms with Crippen LogP contribution in [0.3, 0.4) is 0 Å². The lowest BCUT2D eigenvalue weighted by atomic mass is 9.79. The minimum atomic E-state index is -0.734. The molecule has 0 spiro atoms. The first kappa shape index (κ1) is 14.3. The van der Waals surface area contributed by atoms with Gasteiger partial charge in [0.05, 0.1) is 6.07 Å². The molecule has 0 bridgehead atoms. The molecule has 0 aromatic rings. The highest BCUT2D eigenvalue weighted by molar-refractivity contribution is 5.85. The molecule has 1 aliphatic heterocycles. The topological polar surface area (TPSA) is 56.1 Å². The van der Waals surface area contributed by atoms with E-state index in [1.165, 1.54) is 0 Å². The van der Waals surface area contributed by atoms with Crippen LogP contribution in [-0.2, 0) is 4.79 Å². The summed E-state index contributed by atoms with van der Waals surface area (Å²) in [5, 5.41) is 12.4. The fourth-order valence-electron chi connectivity index (χ4n) is 3.17. The Bertz CT molecular complexity index is 371. The zero-order valence-electron chi connectivity index (χ0n) is 12.2. The van der Waals surface area contributed by atoms with Gasteiger partial charge in [0.1, 0.15) is 5.41 Å². The van der Waals surface area contributed by atoms with Crippen molar-refractivity contribution in [3.05, 3.63) is 0 Å². The Morgan fingerprint density at radius 1 is 1.26 bits per heavy atom. The lowest BCUT2D eigenvalue weighted by molar-refractivity contribution is -0.128. The van der Waals surface area contributed by atoms with Crippen LogP contribution in [0.15, 0.2) is 0 Å². The smallest absolute Gasteiger partial charge is 0.240 e. The summed E-state index contributed by atoms with van der Waals surface area (Å²) in [4.78, 5) is 14.6. The molecule has 2 rings (SSSR count). The van der Waals surface area contributed by atoms with Crippen molar-refractivity contribution in [3.8, 4) is 6.07 Å². The molecule has 0 radical (unpaired) electrons. The van der Waals surface area contributed by atoms with Crippen molar-refractivity contribution in [2.24, 2.45) is 10.8 Å². The van der Waals surface area contributed by atoms with Crippen LogP contribution in [0.1, 0.15) is 45.4 Å². The van der Waals surface area contributed by atoms with Gasteiger partial charge in [-0.2, -0.15) is 5.26 Å². The maximum Gasteiger partial charge on any atom is 0.240 e. The van der Waals surface area contributed by atoms with Gasteiger partial charge >= 0.3 is 0 Å². The van der Waals surface area contributed by atoms with Gasteiger partial charge in [0, 0.05) is 6.54 Å². The van der Waals surface area contributed by atoms with Gasteiger partial charge in [0.15, 0.2) is 0 Å². The van der Waals surface area contributed by atoms with Crippen LogP contribution < -0.4 is 5.32 Å². The van der Waals surface area contributed by atoms with Gasteiger partial charge < -0.3 is 10.2 Å². The maximum atomic E-state index is 12.3. The lowest BCUT2D eigenvalue weighted by Crippen LogP contribution is -2.46. The molecule has 0 aromatic carbocycles. The van der Waals surface area contributed by atoms with Crippen molar-refractivity contribution >= 4 is 5.91 Å². The predicted octanol–water partition coefficient (Wildman–Crippen LogP) is 1.92. The third kappa shape index (κ3) is 3.09. The minimum Gasteiger partial charge on any atom is -0.354 e. The van der Waals surface area contributed by atoms with Gasteiger partial charge in [0.25, 0.3) is 0 Å². The Labute approximate surface area is 116 Å². The second kappa shape index (κ2) is 5.50. The molecule has 1 saturated carbocycles. The van der Waals surface area contributed by atoms with Crippen LogP contribution in [-0.4, -0.2) is 37.5 Å². The van der Waals surface area contributed by atoms with E-state index in [1.54, 1.807) is 0 Å². The number of hydrogen-bond acceptors (Lipinski definition) is 3. The van der Waals surface area contributed by atoms with E-state index in [0.29, 0.717) is 6.54 Å². The summed E-state index contributed by atoms with van der Waals surface area (Å²) in [6.45, 7) is 5.14. The Balaban J connectivity index is 1.88. The summed E-state index contributed by atoms with van der Waals surface area (Å²) in [5.74, 6) is -0.0346. The van der Waals surface area contributed by atoms with Crippen molar-refractivity contribution < 1.29 is 4.79 Å². The number of amides is 1. The quantitative estimate of drug-likeness (QED) is 0.846. The van der Waals surface area contributed by atoms with Crippen LogP contribution in [0.2, 0.25) is 0 Å². The highest BCUT2D eigenvalue weighted by atomic mass is 16.2. The molecule has 0 unspecified atom stereocenters. The molecule has 1 saturated heterocycles. The summed E-state index contributed by atoms with van der Waals surface area (Å²) >= 11 is 0. The first-order chi connectivity index (χ1) is 9.00. The summed E-state index contributed by atoms with van der Waals surface area (Å²) in [6, 6.07) is 2.26. The number of nitrogens with one attached hydrogen (secondary N) is 1. The normalized spacial score (nSPS) is 25.7. The van der Waals surface area contributed by atoms with Gasteiger partial charge in [-0.15, -0.1) is 0 Å². The van der Waals surface area contributed by atoms with Gasteiger partial charge in [-0.1, -0.05) is 19.8 Å². The van der Waals surface area contributed by atoms with E-state index in [-0.39, 0.29) is 11.3 Å². The van der Waals surface area contributed by atoms with E-state index in [1.807, 2.05) is 0 Å². The molecule has 1 aliphatic carbocycles. The van der Waals surface area contributed by atoms with Gasteiger partial charge in [0.2, 0.25) is 5.91 Å². The van der Waals surface area contributed by atoms with Crippen LogP contribution in [0.5, 0.6) is 0 Å². The standard InChI is InChI=1S/C15H25N3O/c1-14(7-9-18(2)10-8-14)12-17-13(19)15(11-16)5-3-4-6-15/h3-10,12H2,1-2H3,(H,17,19). The SMILES string of the molecule is CN1CCC(C)(CNC(=O)C2(C#N)CCCC2)CC1. The highest BCUT2D eigenvalue weighted by Crippen LogP contribution is 2.38. The first-order valence-corrected chi connectivity index (χ1v) is 7.38. The summed E-state index contributed by atoms with van der Waals surface area (Å²) in [6.07, 6.45) is 5.70. The number of carbonyl (C=O) groups is 1. The van der Waals surface area contributed by atoms with Crippen molar-refractivity contribution in [1.82, 2.24) is 10.2 Å². The lowest BCUT2D eigenvalue weighted by Gasteiger charge is -2.38. The van der Waals surface area contributed by atoms with E-state index >= 15 is 0 Å². The number of piperidine rings is 1. The van der Waals surface area contributed by atoms with Crippen molar-refractivity contribution in [2.45, 2.75) is 45.4 Å². The molecule has 4 nitrogen and oxygen atoms in total. The number of nitriles is 1. The van der Waals surface area contributed by atoms with Gasteiger partial charge in [-0.3, -0.25) is 4.79 Å². The van der Waals surface area contributed by atoms with Crippen molar-refractivity contribution in [2.75, 3.05) is 26.7 Å². The molecule has 2 fully saturated rings. The average Bonchev–Trinajstić information content (AvgIpc) is 2.90. The molecular formula is C15H25N3O. The molecule has 19 heavy (non-hydrogen) atoms. The Morgan fingerprint density at radius 2 is 1.84 bits per heavy atom. The van der Waals surface area contributed by atoms with E-state index < -0.39 is 5.41 Å². The molecule has 2 aliphatic rings. The first-order valence-electron chi connectivity index (χ1n) is 7.38. The molecule has 106 valence electrons. The minimum absolute atomic E-state index is 0.0346. The Kier molecular flexibility index (Phi) is 4.15. The summed E-state index contributed by atoms with van der Waals surface area (Å²) in [7, 11) is 2.14. The zero-order chi connectivity index (χ0) is 13.9. The van der Waals surface area contributed by atoms with E-state index in [4.69, 9.17) is 0 Å². The molecule has 4 heteroatoms. The second-order valence-electron chi connectivity index (χ2n) is 6.70. The number of rotatable bonds is 3. The van der Waals surface area contributed by atoms with E-state index in [2.05, 4.69) is 30.3 Å². The van der Waals surface area contributed by atoms with Crippen LogP contribution in [0.25, 0.3) is 0 Å². The monoisotopic (exact) mass is 263 g/mol. The van der Waals surface area contributed by atoms with Gasteiger partial charge in [-0.05, 0) is 51.2 Å². The molecule has 1 heterocycles. The number of nitrogens with zero attached hydrogens (tertiary/aromatic N) is 2. The largest absolute Gasteiger partial charge is 0.354 e. The fourth-order valence-corrected chi connectivity index (χ4v) is 3.17. The number of hydrogen-bond donors (Lipinski definition) is 1. The number of likely N-dealkylation sites (tertiary alicyclic amines) is 1. The van der Waals surface area contributed by atoms with E-state index in [9.17, 15) is 10.1 Å². The van der Waals surface area contributed by atoms with E-state index in [0.717, 1.165) is 51.6 Å². The molecule has 0 aromatic heterocycles. The second-order valence-corrected chi connectivity index (χ2v) is 6.70. The fraction of sp³-hybridized carbons (Fsp3) is 0.867. The highest BCUT2D eigenvalue weighted by Gasteiger charge is 2.42. The van der Waals surface area contributed by atoms with Crippen molar-refractivity contribution in [3.63, 3.8) is 0 Å². The summed E-state index contributed by atoms with van der Waals surface area (Å²) in [5.41, 5.74) is -0.542. The third-order valence-electron chi connectivity index (χ3n) is 4.98.